The van der Waals surface area contributed by atoms with Crippen LogP contribution in [-0.4, -0.2) is 40.6 Å². The minimum Gasteiger partial charge on any atom is -0.322 e. The average molecular weight is 367 g/mol. The summed E-state index contributed by atoms with van der Waals surface area (Å²) in [5.74, 6) is -2.10. The van der Waals surface area contributed by atoms with Crippen LogP contribution >= 0.6 is 0 Å². The van der Waals surface area contributed by atoms with Crippen molar-refractivity contribution in [3.05, 3.63) is 36.4 Å². The van der Waals surface area contributed by atoms with Crippen LogP contribution in [0, 0.1) is 11.8 Å². The molecule has 1 saturated heterocycles. The Bertz CT molecular complexity index is 863. The number of hydrogen-bond donors (Lipinski definition) is 1. The molecule has 1 N–H and O–H groups in total. The van der Waals surface area contributed by atoms with Gasteiger partial charge in [0.2, 0.25) is 23.6 Å². The lowest BCUT2D eigenvalue weighted by atomic mass is 9.85. The molecule has 1 aromatic rings. The number of anilines is 2. The summed E-state index contributed by atoms with van der Waals surface area (Å²) in [6, 6.07) is 7.01. The molecule has 0 spiro atoms. The summed E-state index contributed by atoms with van der Waals surface area (Å²) in [6.45, 7) is 2.94. The normalized spacial score (nSPS) is 25.9. The molecule has 0 bridgehead atoms. The molecule has 7 nitrogen and oxygen atoms in total. The minimum absolute atomic E-state index is 0.296. The van der Waals surface area contributed by atoms with E-state index in [2.05, 4.69) is 5.32 Å². The van der Waals surface area contributed by atoms with Gasteiger partial charge in [0.05, 0.1) is 23.2 Å². The Labute approximate surface area is 157 Å². The van der Waals surface area contributed by atoms with Gasteiger partial charge < -0.3 is 5.32 Å². The van der Waals surface area contributed by atoms with Gasteiger partial charge in [-0.25, -0.2) is 0 Å². The quantitative estimate of drug-likeness (QED) is 0.637. The van der Waals surface area contributed by atoms with Crippen LogP contribution in [0.1, 0.15) is 26.7 Å². The van der Waals surface area contributed by atoms with Crippen LogP contribution in [0.4, 0.5) is 11.4 Å². The number of nitrogens with one attached hydrogen (secondary N) is 1. The molecule has 0 aromatic heterocycles. The van der Waals surface area contributed by atoms with Crippen molar-refractivity contribution in [3.63, 3.8) is 0 Å². The lowest BCUT2D eigenvalue weighted by Crippen LogP contribution is -2.60. The van der Waals surface area contributed by atoms with Crippen molar-refractivity contribution in [2.45, 2.75) is 32.2 Å². The summed E-state index contributed by atoms with van der Waals surface area (Å²) >= 11 is 0. The van der Waals surface area contributed by atoms with E-state index in [1.165, 1.54) is 4.90 Å². The van der Waals surface area contributed by atoms with Crippen LogP contribution in [0.5, 0.6) is 0 Å². The number of imide groups is 1. The maximum absolute atomic E-state index is 13.2. The number of carbonyl (C=O) groups is 4. The molecule has 3 aliphatic rings. The monoisotopic (exact) mass is 367 g/mol. The Morgan fingerprint density at radius 1 is 1.07 bits per heavy atom. The van der Waals surface area contributed by atoms with Crippen LogP contribution in [0.15, 0.2) is 36.4 Å². The predicted octanol–water partition coefficient (Wildman–Crippen LogP) is 1.70. The molecule has 4 rings (SSSR count). The first-order chi connectivity index (χ1) is 12.8. The van der Waals surface area contributed by atoms with E-state index in [1.54, 1.807) is 38.1 Å². The molecule has 27 heavy (non-hydrogen) atoms. The van der Waals surface area contributed by atoms with Crippen LogP contribution in [0.25, 0.3) is 0 Å². The zero-order chi connectivity index (χ0) is 19.3. The van der Waals surface area contributed by atoms with E-state index in [-0.39, 0.29) is 36.1 Å². The molecule has 7 heteroatoms. The molecule has 2 atom stereocenters. The van der Waals surface area contributed by atoms with E-state index in [4.69, 9.17) is 0 Å². The van der Waals surface area contributed by atoms with Crippen molar-refractivity contribution in [2.24, 2.45) is 11.8 Å². The molecule has 0 saturated carbocycles. The molecule has 0 radical (unpaired) electrons. The number of allylic oxidation sites excluding steroid dienone is 2. The van der Waals surface area contributed by atoms with Crippen LogP contribution in [-0.2, 0) is 19.2 Å². The molecular formula is C20H21N3O4. The third-order valence-electron chi connectivity index (χ3n) is 5.65. The van der Waals surface area contributed by atoms with Crippen LogP contribution in [0.2, 0.25) is 0 Å². The van der Waals surface area contributed by atoms with E-state index >= 15 is 0 Å². The summed E-state index contributed by atoms with van der Waals surface area (Å²) < 4.78 is 0. The third kappa shape index (κ3) is 2.57. The Balaban J connectivity index is 1.64. The number of likely N-dealkylation sites (tertiary alicyclic amines) is 1. The lowest BCUT2D eigenvalue weighted by molar-refractivity contribution is -0.143. The SMILES string of the molecule is CC1(C)C(=O)Nc2ccccc2N1C(=O)CN1C(=O)C2CC=CCC2C1=O. The molecule has 1 aliphatic carbocycles. The van der Waals surface area contributed by atoms with Gasteiger partial charge in [0.25, 0.3) is 0 Å². The minimum atomic E-state index is -1.13. The fourth-order valence-electron chi connectivity index (χ4n) is 4.13. The molecular weight excluding hydrogens is 346 g/mol. The van der Waals surface area contributed by atoms with Crippen molar-refractivity contribution >= 4 is 35.0 Å². The number of para-hydroxylation sites is 2. The van der Waals surface area contributed by atoms with Crippen molar-refractivity contribution in [1.29, 1.82) is 0 Å². The zero-order valence-electron chi connectivity index (χ0n) is 15.3. The second-order valence-corrected chi connectivity index (χ2v) is 7.68. The fraction of sp³-hybridized carbons (Fsp3) is 0.400. The summed E-state index contributed by atoms with van der Waals surface area (Å²) in [7, 11) is 0. The molecule has 4 amide bonds. The number of hydrogen-bond acceptors (Lipinski definition) is 4. The van der Waals surface area contributed by atoms with Gasteiger partial charge in [-0.1, -0.05) is 24.3 Å². The number of carbonyl (C=O) groups excluding carboxylic acids is 4. The average Bonchev–Trinajstić information content (AvgIpc) is 2.88. The topological polar surface area (TPSA) is 86.8 Å². The van der Waals surface area contributed by atoms with Gasteiger partial charge in [-0.2, -0.15) is 0 Å². The van der Waals surface area contributed by atoms with Gasteiger partial charge in [0.15, 0.2) is 0 Å². The van der Waals surface area contributed by atoms with Crippen molar-refractivity contribution < 1.29 is 19.2 Å². The van der Waals surface area contributed by atoms with Gasteiger partial charge >= 0.3 is 0 Å². The Hall–Kier alpha value is -2.96. The maximum atomic E-state index is 13.2. The smallest absolute Gasteiger partial charge is 0.250 e. The second-order valence-electron chi connectivity index (χ2n) is 7.68. The molecule has 2 unspecified atom stereocenters. The first-order valence-corrected chi connectivity index (χ1v) is 9.06. The first kappa shape index (κ1) is 17.5. The molecule has 140 valence electrons. The van der Waals surface area contributed by atoms with Gasteiger partial charge in [-0.05, 0) is 38.8 Å². The highest BCUT2D eigenvalue weighted by molar-refractivity contribution is 6.16. The number of fused-ring (bicyclic) bond motifs is 2. The van der Waals surface area contributed by atoms with E-state index in [0.29, 0.717) is 24.2 Å². The zero-order valence-corrected chi connectivity index (χ0v) is 15.3. The number of rotatable bonds is 2. The van der Waals surface area contributed by atoms with Crippen molar-refractivity contribution in [3.8, 4) is 0 Å². The van der Waals surface area contributed by atoms with Gasteiger partial charge in [0, 0.05) is 0 Å². The highest BCUT2D eigenvalue weighted by atomic mass is 16.2. The van der Waals surface area contributed by atoms with E-state index in [1.807, 2.05) is 12.2 Å². The van der Waals surface area contributed by atoms with E-state index < -0.39 is 11.4 Å². The van der Waals surface area contributed by atoms with Gasteiger partial charge in [-0.3, -0.25) is 29.0 Å². The number of benzene rings is 1. The van der Waals surface area contributed by atoms with Gasteiger partial charge in [0.1, 0.15) is 12.1 Å². The summed E-state index contributed by atoms with van der Waals surface area (Å²) in [5.41, 5.74) is -0.0385. The summed E-state index contributed by atoms with van der Waals surface area (Å²) in [4.78, 5) is 53.4. The highest BCUT2D eigenvalue weighted by Gasteiger charge is 2.50. The fourth-order valence-corrected chi connectivity index (χ4v) is 4.13. The predicted molar refractivity (Wildman–Crippen MR) is 98.7 cm³/mol. The molecule has 2 heterocycles. The Morgan fingerprint density at radius 2 is 1.67 bits per heavy atom. The van der Waals surface area contributed by atoms with Gasteiger partial charge in [-0.15, -0.1) is 0 Å². The van der Waals surface area contributed by atoms with E-state index in [9.17, 15) is 19.2 Å². The Morgan fingerprint density at radius 3 is 2.30 bits per heavy atom. The molecule has 2 aliphatic heterocycles. The summed E-state index contributed by atoms with van der Waals surface area (Å²) in [6.07, 6.45) is 4.87. The standard InChI is InChI=1S/C20H21N3O4/c1-20(2)19(27)21-14-9-5-6-10-15(14)23(20)16(24)11-22-17(25)12-7-3-4-8-13(12)18(22)26/h3-6,9-10,12-13H,7-8,11H2,1-2H3,(H,21,27). The second kappa shape index (κ2) is 6.04. The van der Waals surface area contributed by atoms with Crippen molar-refractivity contribution in [2.75, 3.05) is 16.8 Å². The summed E-state index contributed by atoms with van der Waals surface area (Å²) in [5, 5.41) is 2.80. The largest absolute Gasteiger partial charge is 0.322 e. The highest BCUT2D eigenvalue weighted by Crippen LogP contribution is 2.38. The molecule has 1 fully saturated rings. The van der Waals surface area contributed by atoms with Crippen molar-refractivity contribution in [1.82, 2.24) is 4.90 Å². The first-order valence-electron chi connectivity index (χ1n) is 9.06. The Kier molecular flexibility index (Phi) is 3.91. The molecule has 1 aromatic carbocycles. The van der Waals surface area contributed by atoms with E-state index in [0.717, 1.165) is 4.90 Å². The maximum Gasteiger partial charge on any atom is 0.250 e. The lowest BCUT2D eigenvalue weighted by Gasteiger charge is -2.42. The van der Waals surface area contributed by atoms with Crippen LogP contribution in [0.3, 0.4) is 0 Å². The third-order valence-corrected chi connectivity index (χ3v) is 5.65. The number of amides is 4. The number of nitrogens with zero attached hydrogens (tertiary/aromatic N) is 2. The van der Waals surface area contributed by atoms with Crippen LogP contribution < -0.4 is 10.2 Å².